The van der Waals surface area contributed by atoms with Gasteiger partial charge in [-0.3, -0.25) is 4.79 Å². The van der Waals surface area contributed by atoms with E-state index in [1.54, 1.807) is 0 Å². The van der Waals surface area contributed by atoms with Crippen molar-refractivity contribution >= 4 is 33.7 Å². The Balaban J connectivity index is 1.73. The van der Waals surface area contributed by atoms with Gasteiger partial charge >= 0.3 is 11.9 Å². The summed E-state index contributed by atoms with van der Waals surface area (Å²) in [5, 5.41) is 10.9. The van der Waals surface area contributed by atoms with Crippen molar-refractivity contribution in [1.29, 1.82) is 0 Å². The third-order valence-electron chi connectivity index (χ3n) is 5.14. The number of carbonyl (C=O) groups excluding carboxylic acids is 2. The van der Waals surface area contributed by atoms with Crippen LogP contribution >= 0.6 is 0 Å². The summed E-state index contributed by atoms with van der Waals surface area (Å²) < 4.78 is 12.5. The molecule has 0 aliphatic heterocycles. The van der Waals surface area contributed by atoms with E-state index in [2.05, 4.69) is 0 Å². The Morgan fingerprint density at radius 2 is 1.39 bits per heavy atom. The molecule has 1 aromatic heterocycles. The van der Waals surface area contributed by atoms with Crippen molar-refractivity contribution in [1.82, 2.24) is 4.57 Å². The predicted octanol–water partition coefficient (Wildman–Crippen LogP) is 4.00. The quantitative estimate of drug-likeness (QED) is 0.439. The Hall–Kier alpha value is -3.64. The molecule has 1 N–H and O–H groups in total. The van der Waals surface area contributed by atoms with Crippen LogP contribution < -0.4 is 0 Å². The van der Waals surface area contributed by atoms with Gasteiger partial charge in [-0.05, 0) is 17.7 Å². The molecule has 1 atom stereocenters. The normalized spacial score (nSPS) is 12.0. The third kappa shape index (κ3) is 4.44. The van der Waals surface area contributed by atoms with Gasteiger partial charge in [-0.2, -0.15) is 0 Å². The molecule has 0 unspecified atom stereocenters. The monoisotopic (exact) mass is 417 g/mol. The number of hydrogen-bond donors (Lipinski definition) is 1. The average molecular weight is 417 g/mol. The van der Waals surface area contributed by atoms with Gasteiger partial charge in [0.05, 0.1) is 13.0 Å². The molecule has 6 nitrogen and oxygen atoms in total. The number of hydrogen-bond acceptors (Lipinski definition) is 5. The Morgan fingerprint density at radius 3 is 2.00 bits per heavy atom. The first-order chi connectivity index (χ1) is 15.2. The van der Waals surface area contributed by atoms with Gasteiger partial charge in [0.15, 0.2) is 0 Å². The van der Waals surface area contributed by atoms with Gasteiger partial charge in [-0.1, -0.05) is 66.7 Å². The molecule has 0 aliphatic carbocycles. The van der Waals surface area contributed by atoms with Crippen LogP contribution in [0.2, 0.25) is 0 Å². The molecule has 4 aromatic rings. The molecule has 0 fully saturated rings. The van der Waals surface area contributed by atoms with Crippen LogP contribution in [-0.4, -0.2) is 34.8 Å². The van der Waals surface area contributed by atoms with Crippen LogP contribution in [-0.2, 0) is 25.7 Å². The van der Waals surface area contributed by atoms with Crippen molar-refractivity contribution in [2.45, 2.75) is 19.1 Å². The highest BCUT2D eigenvalue weighted by Gasteiger charge is 2.29. The molecule has 4 rings (SSSR count). The first-order valence-electron chi connectivity index (χ1n) is 10.1. The van der Waals surface area contributed by atoms with Crippen LogP contribution in [0.1, 0.15) is 18.0 Å². The van der Waals surface area contributed by atoms with Crippen molar-refractivity contribution in [3.63, 3.8) is 0 Å². The summed E-state index contributed by atoms with van der Waals surface area (Å²) in [6.07, 6.45) is -0.198. The smallest absolute Gasteiger partial charge is 0.330 e. The largest absolute Gasteiger partial charge is 0.463 e. The predicted molar refractivity (Wildman–Crippen MR) is 117 cm³/mol. The molecule has 158 valence electrons. The topological polar surface area (TPSA) is 77.8 Å². The molecule has 0 saturated heterocycles. The lowest BCUT2D eigenvalue weighted by Crippen LogP contribution is -2.26. The van der Waals surface area contributed by atoms with Crippen LogP contribution in [0.25, 0.3) is 21.8 Å². The Morgan fingerprint density at radius 1 is 0.806 bits per heavy atom. The molecule has 3 aromatic carbocycles. The first-order valence-corrected chi connectivity index (χ1v) is 10.1. The Bertz CT molecular complexity index is 1150. The highest BCUT2D eigenvalue weighted by molar-refractivity contribution is 6.09. The molecule has 6 heteroatoms. The van der Waals surface area contributed by atoms with E-state index in [0.29, 0.717) is 0 Å². The van der Waals surface area contributed by atoms with Gasteiger partial charge in [0.25, 0.3) is 0 Å². The maximum atomic E-state index is 13.2. The number of aromatic nitrogens is 1. The van der Waals surface area contributed by atoms with E-state index in [1.165, 1.54) is 0 Å². The van der Waals surface area contributed by atoms with Crippen LogP contribution in [0, 0.1) is 0 Å². The minimum atomic E-state index is -0.903. The Kier molecular flexibility index (Phi) is 6.29. The van der Waals surface area contributed by atoms with Gasteiger partial charge < -0.3 is 19.1 Å². The fraction of sp³-hybridized carbons (Fsp3) is 0.200. The lowest BCUT2D eigenvalue weighted by atomic mass is 10.2. The number of aliphatic hydroxyl groups is 1. The molecule has 1 heterocycles. The molecule has 0 aliphatic rings. The SMILES string of the molecule is O=C(C[C@@H](C(=O)OCc1ccccc1)n1c2ccccc2c2ccccc21)OCCO. The van der Waals surface area contributed by atoms with Crippen molar-refractivity contribution in [3.8, 4) is 0 Å². The summed E-state index contributed by atoms with van der Waals surface area (Å²) in [6, 6.07) is 24.0. The summed E-state index contributed by atoms with van der Waals surface area (Å²) in [5.41, 5.74) is 2.53. The van der Waals surface area contributed by atoms with Gasteiger partial charge in [-0.15, -0.1) is 0 Å². The van der Waals surface area contributed by atoms with Crippen molar-refractivity contribution in [2.24, 2.45) is 0 Å². The number of rotatable bonds is 8. The van der Waals surface area contributed by atoms with Crippen LogP contribution in [0.3, 0.4) is 0 Å². The first kappa shape index (κ1) is 20.6. The van der Waals surface area contributed by atoms with E-state index in [4.69, 9.17) is 14.6 Å². The van der Waals surface area contributed by atoms with Crippen LogP contribution in [0.5, 0.6) is 0 Å². The number of benzene rings is 3. The molecule has 0 saturated carbocycles. The molecule has 31 heavy (non-hydrogen) atoms. The number of fused-ring (bicyclic) bond motifs is 3. The number of esters is 2. The number of ether oxygens (including phenoxy) is 2. The number of nitrogens with zero attached hydrogens (tertiary/aromatic N) is 1. The van der Waals surface area contributed by atoms with E-state index < -0.39 is 18.0 Å². The van der Waals surface area contributed by atoms with Gasteiger partial charge in [0.1, 0.15) is 19.3 Å². The molecule has 0 spiro atoms. The zero-order valence-corrected chi connectivity index (χ0v) is 16.9. The molecule has 0 amide bonds. The number of para-hydroxylation sites is 2. The summed E-state index contributed by atoms with van der Waals surface area (Å²) in [6.45, 7) is -0.277. The minimum absolute atomic E-state index is 0.110. The Labute approximate surface area is 179 Å². The van der Waals surface area contributed by atoms with Gasteiger partial charge in [0.2, 0.25) is 0 Å². The van der Waals surface area contributed by atoms with Crippen LogP contribution in [0.15, 0.2) is 78.9 Å². The number of aliphatic hydroxyl groups excluding tert-OH is 1. The van der Waals surface area contributed by atoms with E-state index in [-0.39, 0.29) is 26.2 Å². The molecule has 0 bridgehead atoms. The number of carbonyl (C=O) groups is 2. The van der Waals surface area contributed by atoms with Crippen LogP contribution in [0.4, 0.5) is 0 Å². The van der Waals surface area contributed by atoms with E-state index >= 15 is 0 Å². The second kappa shape index (κ2) is 9.45. The lowest BCUT2D eigenvalue weighted by Gasteiger charge is -2.20. The van der Waals surface area contributed by atoms with Gasteiger partial charge in [0, 0.05) is 21.8 Å². The highest BCUT2D eigenvalue weighted by Crippen LogP contribution is 2.33. The molecular weight excluding hydrogens is 394 g/mol. The molecule has 0 radical (unpaired) electrons. The average Bonchev–Trinajstić information content (AvgIpc) is 3.14. The van der Waals surface area contributed by atoms with Crippen molar-refractivity contribution in [2.75, 3.05) is 13.2 Å². The zero-order valence-electron chi connectivity index (χ0n) is 16.9. The standard InChI is InChI=1S/C25H23NO5/c27-14-15-30-24(28)16-23(25(29)31-17-18-8-2-1-3-9-18)26-21-12-6-4-10-19(21)20-11-5-7-13-22(20)26/h1-13,23,27H,14-17H2/t23-/m0/s1. The zero-order chi connectivity index (χ0) is 21.6. The van der Waals surface area contributed by atoms with Gasteiger partial charge in [-0.25, -0.2) is 4.79 Å². The maximum absolute atomic E-state index is 13.2. The highest BCUT2D eigenvalue weighted by atomic mass is 16.5. The van der Waals surface area contributed by atoms with E-state index in [9.17, 15) is 9.59 Å². The lowest BCUT2D eigenvalue weighted by molar-refractivity contribution is -0.155. The second-order valence-corrected chi connectivity index (χ2v) is 7.16. The summed E-state index contributed by atoms with van der Waals surface area (Å²) in [4.78, 5) is 25.6. The second-order valence-electron chi connectivity index (χ2n) is 7.16. The third-order valence-corrected chi connectivity index (χ3v) is 5.14. The minimum Gasteiger partial charge on any atom is -0.463 e. The summed E-state index contributed by atoms with van der Waals surface area (Å²) >= 11 is 0. The van der Waals surface area contributed by atoms with Crippen molar-refractivity contribution in [3.05, 3.63) is 84.4 Å². The maximum Gasteiger partial charge on any atom is 0.330 e. The van der Waals surface area contributed by atoms with E-state index in [0.717, 1.165) is 27.4 Å². The van der Waals surface area contributed by atoms with Crippen molar-refractivity contribution < 1.29 is 24.2 Å². The fourth-order valence-electron chi connectivity index (χ4n) is 3.77. The van der Waals surface area contributed by atoms with E-state index in [1.807, 2.05) is 83.4 Å². The summed E-state index contributed by atoms with van der Waals surface area (Å²) in [5.74, 6) is -1.09. The summed E-state index contributed by atoms with van der Waals surface area (Å²) in [7, 11) is 0. The molecular formula is C25H23NO5. The fourth-order valence-corrected chi connectivity index (χ4v) is 3.77.